The van der Waals surface area contributed by atoms with Crippen LogP contribution in [0.1, 0.15) is 22.8 Å². The number of likely N-dealkylation sites (N-methyl/N-ethyl adjacent to an activating group) is 1. The lowest BCUT2D eigenvalue weighted by Crippen LogP contribution is -2.33. The monoisotopic (exact) mass is 295 g/mol. The van der Waals surface area contributed by atoms with Crippen LogP contribution in [0.25, 0.3) is 0 Å². The Balaban J connectivity index is 2.90. The standard InChI is InChI=1S/C15H18ClNO3/c1-3-17(8-10-20-2)15(19)13-7-6-12(5-4-9-18)14(16)11-13/h6-7,11,18H,3,8-10H2,1-2H3. The van der Waals surface area contributed by atoms with Crippen LogP contribution in [0, 0.1) is 11.8 Å². The first-order valence-corrected chi connectivity index (χ1v) is 6.69. The number of carbonyl (C=O) groups is 1. The molecular formula is C15H18ClNO3. The fraction of sp³-hybridized carbons (Fsp3) is 0.400. The van der Waals surface area contributed by atoms with E-state index in [1.54, 1.807) is 30.2 Å². The number of rotatable bonds is 5. The van der Waals surface area contributed by atoms with Crippen LogP contribution < -0.4 is 0 Å². The van der Waals surface area contributed by atoms with Gasteiger partial charge in [0.05, 0.1) is 11.6 Å². The van der Waals surface area contributed by atoms with Gasteiger partial charge in [0.1, 0.15) is 6.61 Å². The maximum atomic E-state index is 12.3. The normalized spacial score (nSPS) is 9.80. The van der Waals surface area contributed by atoms with E-state index >= 15 is 0 Å². The highest BCUT2D eigenvalue weighted by Gasteiger charge is 2.14. The van der Waals surface area contributed by atoms with Gasteiger partial charge in [-0.05, 0) is 25.1 Å². The van der Waals surface area contributed by atoms with Crippen molar-refractivity contribution in [2.45, 2.75) is 6.92 Å². The van der Waals surface area contributed by atoms with E-state index in [1.165, 1.54) is 0 Å². The minimum absolute atomic E-state index is 0.0897. The lowest BCUT2D eigenvalue weighted by Gasteiger charge is -2.20. The van der Waals surface area contributed by atoms with Crippen molar-refractivity contribution in [1.82, 2.24) is 4.90 Å². The van der Waals surface area contributed by atoms with Crippen LogP contribution in [-0.2, 0) is 4.74 Å². The molecule has 4 nitrogen and oxygen atoms in total. The molecular weight excluding hydrogens is 278 g/mol. The summed E-state index contributed by atoms with van der Waals surface area (Å²) in [7, 11) is 1.60. The molecule has 0 unspecified atom stereocenters. The van der Waals surface area contributed by atoms with E-state index < -0.39 is 0 Å². The van der Waals surface area contributed by atoms with Crippen molar-refractivity contribution < 1.29 is 14.6 Å². The zero-order valence-corrected chi connectivity index (χ0v) is 12.4. The van der Waals surface area contributed by atoms with Crippen molar-refractivity contribution in [1.29, 1.82) is 0 Å². The average Bonchev–Trinajstić information content (AvgIpc) is 2.46. The lowest BCUT2D eigenvalue weighted by molar-refractivity contribution is 0.0706. The second kappa shape index (κ2) is 8.60. The summed E-state index contributed by atoms with van der Waals surface area (Å²) >= 11 is 6.08. The Morgan fingerprint density at radius 1 is 1.50 bits per heavy atom. The summed E-state index contributed by atoms with van der Waals surface area (Å²) in [5.41, 5.74) is 1.11. The third-order valence-corrected chi connectivity index (χ3v) is 3.07. The molecule has 1 aromatic rings. The molecule has 0 spiro atoms. The first kappa shape index (κ1) is 16.5. The second-order valence-corrected chi connectivity index (χ2v) is 4.44. The largest absolute Gasteiger partial charge is 0.384 e. The van der Waals surface area contributed by atoms with Crippen LogP contribution >= 0.6 is 11.6 Å². The summed E-state index contributed by atoms with van der Waals surface area (Å²) in [6, 6.07) is 4.97. The van der Waals surface area contributed by atoms with E-state index in [2.05, 4.69) is 11.8 Å². The molecule has 0 saturated carbocycles. The lowest BCUT2D eigenvalue weighted by atomic mass is 10.1. The maximum absolute atomic E-state index is 12.3. The minimum Gasteiger partial charge on any atom is -0.384 e. The highest BCUT2D eigenvalue weighted by atomic mass is 35.5. The van der Waals surface area contributed by atoms with Gasteiger partial charge in [-0.3, -0.25) is 4.79 Å². The van der Waals surface area contributed by atoms with Crippen LogP contribution in [0.4, 0.5) is 0 Å². The fourth-order valence-electron chi connectivity index (χ4n) is 1.67. The number of aliphatic hydroxyl groups is 1. The minimum atomic E-state index is -0.225. The molecule has 0 atom stereocenters. The number of ether oxygens (including phenoxy) is 1. The Morgan fingerprint density at radius 2 is 2.25 bits per heavy atom. The zero-order chi connectivity index (χ0) is 15.0. The molecule has 0 heterocycles. The summed E-state index contributed by atoms with van der Waals surface area (Å²) in [6.45, 7) is 3.32. The summed E-state index contributed by atoms with van der Waals surface area (Å²) in [5, 5.41) is 9.06. The molecule has 0 radical (unpaired) electrons. The average molecular weight is 296 g/mol. The Morgan fingerprint density at radius 3 is 2.80 bits per heavy atom. The predicted molar refractivity (Wildman–Crippen MR) is 78.9 cm³/mol. The molecule has 0 aliphatic heterocycles. The Labute approximate surface area is 124 Å². The summed E-state index contributed by atoms with van der Waals surface area (Å²) in [6.07, 6.45) is 0. The molecule has 0 bridgehead atoms. The van der Waals surface area contributed by atoms with Crippen molar-refractivity contribution >= 4 is 17.5 Å². The molecule has 0 aliphatic rings. The number of carbonyl (C=O) groups excluding carboxylic acids is 1. The zero-order valence-electron chi connectivity index (χ0n) is 11.6. The number of nitrogens with zero attached hydrogens (tertiary/aromatic N) is 1. The fourth-order valence-corrected chi connectivity index (χ4v) is 1.90. The number of benzene rings is 1. The van der Waals surface area contributed by atoms with Gasteiger partial charge < -0.3 is 14.7 Å². The third kappa shape index (κ3) is 4.53. The number of halogens is 1. The van der Waals surface area contributed by atoms with Gasteiger partial charge in [-0.25, -0.2) is 0 Å². The summed E-state index contributed by atoms with van der Waals surface area (Å²) in [5.74, 6) is 5.16. The molecule has 0 saturated heterocycles. The summed E-state index contributed by atoms with van der Waals surface area (Å²) < 4.78 is 4.99. The highest BCUT2D eigenvalue weighted by molar-refractivity contribution is 6.32. The van der Waals surface area contributed by atoms with E-state index in [1.807, 2.05) is 6.92 Å². The Kier molecular flexibility index (Phi) is 7.10. The quantitative estimate of drug-likeness (QED) is 0.843. The van der Waals surface area contributed by atoms with Gasteiger partial charge in [0, 0.05) is 31.3 Å². The molecule has 5 heteroatoms. The van der Waals surface area contributed by atoms with Crippen LogP contribution in [0.3, 0.4) is 0 Å². The third-order valence-electron chi connectivity index (χ3n) is 2.75. The van der Waals surface area contributed by atoms with Crippen molar-refractivity contribution in [3.8, 4) is 11.8 Å². The number of amides is 1. The molecule has 0 aromatic heterocycles. The van der Waals surface area contributed by atoms with E-state index in [0.29, 0.717) is 35.8 Å². The van der Waals surface area contributed by atoms with Gasteiger partial charge in [-0.1, -0.05) is 23.4 Å². The van der Waals surface area contributed by atoms with Gasteiger partial charge in [0.15, 0.2) is 0 Å². The highest BCUT2D eigenvalue weighted by Crippen LogP contribution is 2.18. The molecule has 1 amide bonds. The molecule has 20 heavy (non-hydrogen) atoms. The van der Waals surface area contributed by atoms with Gasteiger partial charge in [-0.15, -0.1) is 0 Å². The smallest absolute Gasteiger partial charge is 0.253 e. The SMILES string of the molecule is CCN(CCOC)C(=O)c1ccc(C#CCO)c(Cl)c1. The van der Waals surface area contributed by atoms with E-state index in [0.717, 1.165) is 0 Å². The predicted octanol–water partition coefficient (Wildman–Crippen LogP) is 1.79. The van der Waals surface area contributed by atoms with Crippen molar-refractivity contribution in [2.24, 2.45) is 0 Å². The number of methoxy groups -OCH3 is 1. The number of hydrogen-bond donors (Lipinski definition) is 1. The molecule has 1 aromatic carbocycles. The van der Waals surface area contributed by atoms with Crippen LogP contribution in [0.2, 0.25) is 5.02 Å². The van der Waals surface area contributed by atoms with Crippen molar-refractivity contribution in [3.05, 3.63) is 34.3 Å². The first-order chi connectivity index (χ1) is 9.63. The van der Waals surface area contributed by atoms with Crippen LogP contribution in [0.15, 0.2) is 18.2 Å². The maximum Gasteiger partial charge on any atom is 0.253 e. The first-order valence-electron chi connectivity index (χ1n) is 6.31. The topological polar surface area (TPSA) is 49.8 Å². The van der Waals surface area contributed by atoms with Gasteiger partial charge in [0.2, 0.25) is 0 Å². The van der Waals surface area contributed by atoms with E-state index in [-0.39, 0.29) is 12.5 Å². The Hall–Kier alpha value is -1.54. The second-order valence-electron chi connectivity index (χ2n) is 4.03. The van der Waals surface area contributed by atoms with Crippen LogP contribution in [0.5, 0.6) is 0 Å². The van der Waals surface area contributed by atoms with Gasteiger partial charge in [-0.2, -0.15) is 0 Å². The van der Waals surface area contributed by atoms with Gasteiger partial charge >= 0.3 is 0 Å². The molecule has 0 fully saturated rings. The number of hydrogen-bond acceptors (Lipinski definition) is 3. The van der Waals surface area contributed by atoms with Crippen LogP contribution in [-0.4, -0.2) is 49.3 Å². The number of aliphatic hydroxyl groups excluding tert-OH is 1. The van der Waals surface area contributed by atoms with E-state index in [4.69, 9.17) is 21.4 Å². The molecule has 1 N–H and O–H groups in total. The Bertz CT molecular complexity index is 520. The van der Waals surface area contributed by atoms with Crippen molar-refractivity contribution in [3.63, 3.8) is 0 Å². The summed E-state index contributed by atoms with van der Waals surface area (Å²) in [4.78, 5) is 14.0. The van der Waals surface area contributed by atoms with Gasteiger partial charge in [0.25, 0.3) is 5.91 Å². The van der Waals surface area contributed by atoms with E-state index in [9.17, 15) is 4.79 Å². The van der Waals surface area contributed by atoms with Crippen molar-refractivity contribution in [2.75, 3.05) is 33.4 Å². The molecule has 0 aliphatic carbocycles. The molecule has 108 valence electrons. The molecule has 1 rings (SSSR count).